The van der Waals surface area contributed by atoms with Gasteiger partial charge in [0.2, 0.25) is 0 Å². The summed E-state index contributed by atoms with van der Waals surface area (Å²) >= 11 is 0. The molecular weight excluding hydrogens is 244 g/mol. The van der Waals surface area contributed by atoms with Gasteiger partial charge in [-0.1, -0.05) is 12.1 Å². The Morgan fingerprint density at radius 2 is 2.11 bits per heavy atom. The molecule has 1 amide bonds. The summed E-state index contributed by atoms with van der Waals surface area (Å²) in [6.45, 7) is 3.35. The number of hydrogen-bond donors (Lipinski definition) is 3. The van der Waals surface area contributed by atoms with Crippen molar-refractivity contribution in [1.82, 2.24) is 5.32 Å². The molecular formula is C14H22N2O3. The van der Waals surface area contributed by atoms with Crippen molar-refractivity contribution in [2.75, 3.05) is 13.2 Å². The highest BCUT2D eigenvalue weighted by molar-refractivity contribution is 5.75. The van der Waals surface area contributed by atoms with Crippen molar-refractivity contribution >= 4 is 5.91 Å². The van der Waals surface area contributed by atoms with Gasteiger partial charge in [0.15, 0.2) is 6.61 Å². The Labute approximate surface area is 113 Å². The van der Waals surface area contributed by atoms with E-state index in [9.17, 15) is 4.79 Å². The molecule has 1 aromatic carbocycles. The van der Waals surface area contributed by atoms with Gasteiger partial charge in [0.05, 0.1) is 6.10 Å². The van der Waals surface area contributed by atoms with Gasteiger partial charge in [-0.05, 0) is 44.0 Å². The minimum absolute atomic E-state index is 0.100. The van der Waals surface area contributed by atoms with Crippen LogP contribution in [0.3, 0.4) is 0 Å². The van der Waals surface area contributed by atoms with Crippen molar-refractivity contribution in [3.63, 3.8) is 0 Å². The number of carbonyl (C=O) groups is 1. The molecule has 0 aliphatic rings. The van der Waals surface area contributed by atoms with Crippen molar-refractivity contribution < 1.29 is 14.6 Å². The van der Waals surface area contributed by atoms with Crippen molar-refractivity contribution in [1.29, 1.82) is 0 Å². The lowest BCUT2D eigenvalue weighted by atomic mass is 10.2. The smallest absolute Gasteiger partial charge is 0.255 e. The number of aliphatic hydroxyl groups is 1. The Kier molecular flexibility index (Phi) is 6.92. The standard InChI is InChI=1S/C14H22N2O3/c1-11(17)3-2-8-16-9-12-4-6-13(7-5-12)19-10-14(15)18/h4-7,11,16-17H,2-3,8-10H2,1H3,(H2,15,18). The Morgan fingerprint density at radius 3 is 2.68 bits per heavy atom. The number of amides is 1. The Hall–Kier alpha value is -1.59. The van der Waals surface area contributed by atoms with Crippen LogP contribution in [0.25, 0.3) is 0 Å². The number of hydrogen-bond acceptors (Lipinski definition) is 4. The van der Waals surface area contributed by atoms with E-state index in [1.54, 1.807) is 6.92 Å². The van der Waals surface area contributed by atoms with Gasteiger partial charge in [-0.3, -0.25) is 4.79 Å². The zero-order chi connectivity index (χ0) is 14.1. The van der Waals surface area contributed by atoms with E-state index in [-0.39, 0.29) is 12.7 Å². The number of carbonyl (C=O) groups excluding carboxylic acids is 1. The van der Waals surface area contributed by atoms with E-state index in [1.165, 1.54) is 0 Å². The summed E-state index contributed by atoms with van der Waals surface area (Å²) in [4.78, 5) is 10.6. The van der Waals surface area contributed by atoms with Gasteiger partial charge in [0.25, 0.3) is 5.91 Å². The molecule has 0 radical (unpaired) electrons. The normalized spacial score (nSPS) is 12.1. The molecule has 0 fully saturated rings. The fourth-order valence-electron chi connectivity index (χ4n) is 1.61. The van der Waals surface area contributed by atoms with E-state index < -0.39 is 5.91 Å². The molecule has 0 heterocycles. The van der Waals surface area contributed by atoms with E-state index in [1.807, 2.05) is 24.3 Å². The summed E-state index contributed by atoms with van der Waals surface area (Å²) in [5, 5.41) is 12.4. The molecule has 1 atom stereocenters. The molecule has 1 aromatic rings. The van der Waals surface area contributed by atoms with Crippen LogP contribution in [-0.4, -0.2) is 30.3 Å². The molecule has 0 saturated carbocycles. The van der Waals surface area contributed by atoms with E-state index >= 15 is 0 Å². The molecule has 0 saturated heterocycles. The first-order valence-electron chi connectivity index (χ1n) is 6.46. The van der Waals surface area contributed by atoms with Gasteiger partial charge in [-0.15, -0.1) is 0 Å². The number of nitrogens with two attached hydrogens (primary N) is 1. The molecule has 106 valence electrons. The minimum atomic E-state index is -0.483. The molecule has 0 bridgehead atoms. The molecule has 5 heteroatoms. The zero-order valence-electron chi connectivity index (χ0n) is 11.3. The Morgan fingerprint density at radius 1 is 1.42 bits per heavy atom. The van der Waals surface area contributed by atoms with Crippen LogP contribution in [0, 0.1) is 0 Å². The maximum Gasteiger partial charge on any atom is 0.255 e. The van der Waals surface area contributed by atoms with E-state index in [0.29, 0.717) is 5.75 Å². The summed E-state index contributed by atoms with van der Waals surface area (Å²) in [6, 6.07) is 7.52. The van der Waals surface area contributed by atoms with Gasteiger partial charge in [0, 0.05) is 6.54 Å². The van der Waals surface area contributed by atoms with Crippen LogP contribution in [0.5, 0.6) is 5.75 Å². The van der Waals surface area contributed by atoms with Crippen LogP contribution >= 0.6 is 0 Å². The van der Waals surface area contributed by atoms with Gasteiger partial charge < -0.3 is 20.9 Å². The third-order valence-corrected chi connectivity index (χ3v) is 2.61. The number of ether oxygens (including phenoxy) is 1. The predicted octanol–water partition coefficient (Wildman–Crippen LogP) is 0.801. The lowest BCUT2D eigenvalue weighted by molar-refractivity contribution is -0.119. The second-order valence-corrected chi connectivity index (χ2v) is 4.57. The average Bonchev–Trinajstić information content (AvgIpc) is 2.37. The largest absolute Gasteiger partial charge is 0.484 e. The first-order valence-corrected chi connectivity index (χ1v) is 6.46. The van der Waals surface area contributed by atoms with E-state index in [2.05, 4.69) is 5.32 Å². The molecule has 1 rings (SSSR count). The van der Waals surface area contributed by atoms with Crippen molar-refractivity contribution in [2.24, 2.45) is 5.73 Å². The third-order valence-electron chi connectivity index (χ3n) is 2.61. The fraction of sp³-hybridized carbons (Fsp3) is 0.500. The second kappa shape index (κ2) is 8.50. The maximum atomic E-state index is 10.6. The molecule has 4 N–H and O–H groups in total. The van der Waals surface area contributed by atoms with Crippen LogP contribution in [0.2, 0.25) is 0 Å². The quantitative estimate of drug-likeness (QED) is 0.577. The van der Waals surface area contributed by atoms with E-state index in [0.717, 1.165) is 31.5 Å². The molecule has 0 spiro atoms. The predicted molar refractivity (Wildman–Crippen MR) is 73.8 cm³/mol. The second-order valence-electron chi connectivity index (χ2n) is 4.57. The summed E-state index contributed by atoms with van der Waals surface area (Å²) in [6.07, 6.45) is 1.54. The van der Waals surface area contributed by atoms with Crippen LogP contribution in [-0.2, 0) is 11.3 Å². The highest BCUT2D eigenvalue weighted by Crippen LogP contribution is 2.11. The first-order chi connectivity index (χ1) is 9.08. The number of benzene rings is 1. The summed E-state index contributed by atoms with van der Waals surface area (Å²) in [5.41, 5.74) is 6.14. The van der Waals surface area contributed by atoms with Crippen LogP contribution in [0.4, 0.5) is 0 Å². The molecule has 0 aliphatic heterocycles. The molecule has 5 nitrogen and oxygen atoms in total. The Balaban J connectivity index is 2.22. The number of rotatable bonds is 9. The topological polar surface area (TPSA) is 84.6 Å². The average molecular weight is 266 g/mol. The summed E-state index contributed by atoms with van der Waals surface area (Å²) in [7, 11) is 0. The molecule has 1 unspecified atom stereocenters. The molecule has 19 heavy (non-hydrogen) atoms. The van der Waals surface area contributed by atoms with Crippen LogP contribution in [0.15, 0.2) is 24.3 Å². The Bertz CT molecular complexity index is 377. The summed E-state index contributed by atoms with van der Waals surface area (Å²) in [5.74, 6) is 0.153. The fourth-order valence-corrected chi connectivity index (χ4v) is 1.61. The van der Waals surface area contributed by atoms with Crippen molar-refractivity contribution in [3.8, 4) is 5.75 Å². The SMILES string of the molecule is CC(O)CCCNCc1ccc(OCC(N)=O)cc1. The van der Waals surface area contributed by atoms with Crippen LogP contribution < -0.4 is 15.8 Å². The van der Waals surface area contributed by atoms with Crippen molar-refractivity contribution in [3.05, 3.63) is 29.8 Å². The van der Waals surface area contributed by atoms with Gasteiger partial charge in [-0.2, -0.15) is 0 Å². The number of nitrogens with one attached hydrogen (secondary N) is 1. The first kappa shape index (κ1) is 15.5. The number of primary amides is 1. The zero-order valence-corrected chi connectivity index (χ0v) is 11.3. The number of aliphatic hydroxyl groups excluding tert-OH is 1. The van der Waals surface area contributed by atoms with E-state index in [4.69, 9.17) is 15.6 Å². The summed E-state index contributed by atoms with van der Waals surface area (Å²) < 4.78 is 5.17. The lowest BCUT2D eigenvalue weighted by Crippen LogP contribution is -2.20. The highest BCUT2D eigenvalue weighted by Gasteiger charge is 1.99. The monoisotopic (exact) mass is 266 g/mol. The molecule has 0 aromatic heterocycles. The van der Waals surface area contributed by atoms with Gasteiger partial charge in [-0.25, -0.2) is 0 Å². The lowest BCUT2D eigenvalue weighted by Gasteiger charge is -2.07. The van der Waals surface area contributed by atoms with Gasteiger partial charge >= 0.3 is 0 Å². The van der Waals surface area contributed by atoms with Gasteiger partial charge in [0.1, 0.15) is 5.75 Å². The third kappa shape index (κ3) is 7.43. The highest BCUT2D eigenvalue weighted by atomic mass is 16.5. The van der Waals surface area contributed by atoms with Crippen LogP contribution in [0.1, 0.15) is 25.3 Å². The molecule has 0 aliphatic carbocycles. The van der Waals surface area contributed by atoms with Crippen molar-refractivity contribution in [2.45, 2.75) is 32.4 Å². The minimum Gasteiger partial charge on any atom is -0.484 e. The maximum absolute atomic E-state index is 10.6.